The highest BCUT2D eigenvalue weighted by molar-refractivity contribution is 7.91. The van der Waals surface area contributed by atoms with Gasteiger partial charge in [-0.15, -0.1) is 0 Å². The van der Waals surface area contributed by atoms with Gasteiger partial charge >= 0.3 is 5.97 Å². The van der Waals surface area contributed by atoms with E-state index in [0.717, 1.165) is 39.2 Å². The van der Waals surface area contributed by atoms with Gasteiger partial charge in [-0.2, -0.15) is 0 Å². The van der Waals surface area contributed by atoms with Crippen LogP contribution in [0, 0.1) is 48.5 Å². The molecule has 1 saturated heterocycles. The normalized spacial score (nSPS) is 17.7. The molecule has 0 aliphatic carbocycles. The van der Waals surface area contributed by atoms with E-state index in [9.17, 15) is 18.0 Å². The van der Waals surface area contributed by atoms with Crippen molar-refractivity contribution in [3.8, 4) is 0 Å². The van der Waals surface area contributed by atoms with Gasteiger partial charge in [0.2, 0.25) is 5.78 Å². The topological polar surface area (TPSA) is 82.4 Å². The summed E-state index contributed by atoms with van der Waals surface area (Å²) in [7, 11) is -3.03. The molecule has 0 saturated carbocycles. The van der Waals surface area contributed by atoms with Crippen LogP contribution in [0.3, 0.4) is 0 Å². The molecule has 2 heterocycles. The first-order valence-corrected chi connectivity index (χ1v) is 12.3. The van der Waals surface area contributed by atoms with Gasteiger partial charge in [-0.1, -0.05) is 0 Å². The van der Waals surface area contributed by atoms with Crippen LogP contribution in [0.15, 0.2) is 6.07 Å². The zero-order valence-corrected chi connectivity index (χ0v) is 20.2. The second-order valence-electron chi connectivity index (χ2n) is 8.71. The van der Waals surface area contributed by atoms with Crippen LogP contribution in [0.1, 0.15) is 72.4 Å². The monoisotopic (exact) mass is 445 g/mol. The number of carbonyl (C=O) groups excluding carboxylic acids is 2. The van der Waals surface area contributed by atoms with Crippen molar-refractivity contribution in [2.24, 2.45) is 0 Å². The third-order valence-electron chi connectivity index (χ3n) is 6.90. The summed E-state index contributed by atoms with van der Waals surface area (Å²) >= 11 is 0. The van der Waals surface area contributed by atoms with Crippen molar-refractivity contribution < 1.29 is 22.7 Å². The summed E-state index contributed by atoms with van der Waals surface area (Å²) in [4.78, 5) is 25.7. The molecule has 7 heteroatoms. The molecule has 0 bridgehead atoms. The Labute approximate surface area is 184 Å². The molecular weight excluding hydrogens is 414 g/mol. The van der Waals surface area contributed by atoms with Crippen molar-refractivity contribution in [3.05, 3.63) is 56.4 Å². The maximum atomic E-state index is 12.9. The molecule has 31 heavy (non-hydrogen) atoms. The summed E-state index contributed by atoms with van der Waals surface area (Å²) in [6.07, 6.45) is 0.548. The molecule has 3 rings (SSSR count). The van der Waals surface area contributed by atoms with Gasteiger partial charge in [-0.05, 0) is 88.8 Å². The second-order valence-corrected chi connectivity index (χ2v) is 10.9. The number of ether oxygens (including phenoxy) is 1. The zero-order chi connectivity index (χ0) is 23.2. The Morgan fingerprint density at radius 1 is 0.968 bits per heavy atom. The quantitative estimate of drug-likeness (QED) is 0.512. The van der Waals surface area contributed by atoms with E-state index in [-0.39, 0.29) is 29.9 Å². The largest absolute Gasteiger partial charge is 0.454 e. The van der Waals surface area contributed by atoms with Crippen LogP contribution in [-0.2, 0) is 14.6 Å². The Balaban J connectivity index is 1.80. The van der Waals surface area contributed by atoms with Crippen molar-refractivity contribution in [1.82, 2.24) is 4.57 Å². The van der Waals surface area contributed by atoms with Crippen molar-refractivity contribution >= 4 is 21.6 Å². The van der Waals surface area contributed by atoms with Crippen LogP contribution < -0.4 is 0 Å². The number of carbonyl (C=O) groups is 2. The lowest BCUT2D eigenvalue weighted by Crippen LogP contribution is -2.18. The lowest BCUT2D eigenvalue weighted by molar-refractivity contribution is 0.0472. The van der Waals surface area contributed by atoms with Gasteiger partial charge in [0.05, 0.1) is 17.1 Å². The minimum atomic E-state index is -3.03. The van der Waals surface area contributed by atoms with Crippen LogP contribution in [0.5, 0.6) is 0 Å². The van der Waals surface area contributed by atoms with Gasteiger partial charge in [-0.3, -0.25) is 4.79 Å². The Hall–Kier alpha value is -2.41. The average Bonchev–Trinajstić information content (AvgIpc) is 3.20. The maximum absolute atomic E-state index is 12.9. The lowest BCUT2D eigenvalue weighted by Gasteiger charge is -2.18. The fourth-order valence-electron chi connectivity index (χ4n) is 4.69. The number of benzene rings is 1. The van der Waals surface area contributed by atoms with Gasteiger partial charge in [0.1, 0.15) is 0 Å². The van der Waals surface area contributed by atoms with E-state index in [1.807, 2.05) is 53.0 Å². The molecule has 1 aliphatic heterocycles. The fourth-order valence-corrected chi connectivity index (χ4v) is 6.39. The van der Waals surface area contributed by atoms with Crippen LogP contribution in [0.2, 0.25) is 0 Å². The van der Waals surface area contributed by atoms with Crippen molar-refractivity contribution in [2.45, 2.75) is 60.9 Å². The molecule has 1 aliphatic rings. The fraction of sp³-hybridized carbons (Fsp3) is 0.500. The lowest BCUT2D eigenvalue weighted by atomic mass is 9.90. The summed E-state index contributed by atoms with van der Waals surface area (Å²) in [5.74, 6) is -0.518. The van der Waals surface area contributed by atoms with E-state index in [1.54, 1.807) is 6.07 Å². The molecule has 1 aromatic heterocycles. The van der Waals surface area contributed by atoms with Crippen molar-refractivity contribution in [3.63, 3.8) is 0 Å². The minimum absolute atomic E-state index is 0.0939. The van der Waals surface area contributed by atoms with Gasteiger partial charge < -0.3 is 9.30 Å². The highest BCUT2D eigenvalue weighted by atomic mass is 32.2. The van der Waals surface area contributed by atoms with Crippen LogP contribution in [0.4, 0.5) is 0 Å². The molecule has 0 radical (unpaired) electrons. The molecule has 0 N–H and O–H groups in total. The summed E-state index contributed by atoms with van der Waals surface area (Å²) in [6, 6.07) is 1.60. The number of Topliss-reactive ketones (excluding diaryl/α,β-unsaturated/α-hetero) is 1. The first kappa shape index (κ1) is 23.3. The molecule has 1 aromatic carbocycles. The highest BCUT2D eigenvalue weighted by Crippen LogP contribution is 2.30. The summed E-state index contributed by atoms with van der Waals surface area (Å²) < 4.78 is 31.1. The number of rotatable bonds is 5. The van der Waals surface area contributed by atoms with Crippen LogP contribution in [0.25, 0.3) is 0 Å². The number of aryl methyl sites for hydroxylation is 1. The molecule has 2 aromatic rings. The predicted octanol–water partition coefficient (Wildman–Crippen LogP) is 4.05. The van der Waals surface area contributed by atoms with E-state index in [2.05, 4.69) is 0 Å². The third kappa shape index (κ3) is 4.20. The minimum Gasteiger partial charge on any atom is -0.454 e. The number of aromatic nitrogens is 1. The number of nitrogens with zero attached hydrogens (tertiary/aromatic N) is 1. The predicted molar refractivity (Wildman–Crippen MR) is 121 cm³/mol. The number of sulfone groups is 1. The average molecular weight is 446 g/mol. The Bertz CT molecular complexity index is 1160. The molecule has 1 fully saturated rings. The van der Waals surface area contributed by atoms with E-state index < -0.39 is 15.8 Å². The molecule has 1 unspecified atom stereocenters. The maximum Gasteiger partial charge on any atom is 0.339 e. The molecule has 6 nitrogen and oxygen atoms in total. The van der Waals surface area contributed by atoms with E-state index >= 15 is 0 Å². The van der Waals surface area contributed by atoms with E-state index in [1.165, 1.54) is 0 Å². The third-order valence-corrected chi connectivity index (χ3v) is 8.65. The van der Waals surface area contributed by atoms with Gasteiger partial charge in [0.15, 0.2) is 16.4 Å². The molecule has 168 valence electrons. The number of hydrogen-bond donors (Lipinski definition) is 0. The first-order valence-electron chi connectivity index (χ1n) is 10.5. The molecular formula is C24H31NO5S. The van der Waals surface area contributed by atoms with Gasteiger partial charge in [0.25, 0.3) is 0 Å². The zero-order valence-electron chi connectivity index (χ0n) is 19.4. The van der Waals surface area contributed by atoms with E-state index in [4.69, 9.17) is 4.74 Å². The summed E-state index contributed by atoms with van der Waals surface area (Å²) in [6.45, 7) is 13.1. The molecule has 0 amide bonds. The standard InChI is InChI=1S/C24H31NO5S/c1-13-10-21(19(7)25(13)20-8-9-31(28,29)12-20)22(26)11-30-24(27)23-17(5)15(3)14(2)16(4)18(23)6/h10,20H,8-9,11-12H2,1-7H3. The van der Waals surface area contributed by atoms with E-state index in [0.29, 0.717) is 17.5 Å². The molecule has 0 spiro atoms. The number of hydrogen-bond acceptors (Lipinski definition) is 5. The van der Waals surface area contributed by atoms with Crippen LogP contribution in [-0.4, -0.2) is 42.9 Å². The van der Waals surface area contributed by atoms with Crippen LogP contribution >= 0.6 is 0 Å². The summed E-state index contributed by atoms with van der Waals surface area (Å²) in [5.41, 5.74) is 7.56. The second kappa shape index (κ2) is 8.26. The highest BCUT2D eigenvalue weighted by Gasteiger charge is 2.32. The van der Waals surface area contributed by atoms with Crippen molar-refractivity contribution in [2.75, 3.05) is 18.1 Å². The van der Waals surface area contributed by atoms with Gasteiger partial charge in [0, 0.05) is 23.0 Å². The Kier molecular flexibility index (Phi) is 6.20. The van der Waals surface area contributed by atoms with Gasteiger partial charge in [-0.25, -0.2) is 13.2 Å². The number of esters is 1. The van der Waals surface area contributed by atoms with Crippen molar-refractivity contribution in [1.29, 1.82) is 0 Å². The Morgan fingerprint density at radius 3 is 2.03 bits per heavy atom. The Morgan fingerprint density at radius 2 is 1.52 bits per heavy atom. The SMILES string of the molecule is Cc1c(C)c(C)c(C(=O)OCC(=O)c2cc(C)n(C3CCS(=O)(=O)C3)c2C)c(C)c1C. The number of ketones is 1. The summed E-state index contributed by atoms with van der Waals surface area (Å²) in [5, 5.41) is 0. The first-order chi connectivity index (χ1) is 14.4. The smallest absolute Gasteiger partial charge is 0.339 e. The molecule has 1 atom stereocenters.